The van der Waals surface area contributed by atoms with E-state index in [9.17, 15) is 19.2 Å². The van der Waals surface area contributed by atoms with Gasteiger partial charge in [0.25, 0.3) is 11.8 Å². The van der Waals surface area contributed by atoms with E-state index < -0.39 is 24.4 Å². The number of nitrogens with one attached hydrogen (secondary N) is 2. The number of carbonyl (C=O) groups is 4. The van der Waals surface area contributed by atoms with Gasteiger partial charge in [0.2, 0.25) is 5.91 Å². The first-order chi connectivity index (χ1) is 14.4. The summed E-state index contributed by atoms with van der Waals surface area (Å²) in [7, 11) is 1.53. The first-order valence-corrected chi connectivity index (χ1v) is 9.53. The van der Waals surface area contributed by atoms with Crippen molar-refractivity contribution < 1.29 is 23.9 Å². The Hall–Kier alpha value is -3.68. The van der Waals surface area contributed by atoms with Gasteiger partial charge in [0, 0.05) is 37.0 Å². The third-order valence-electron chi connectivity index (χ3n) is 4.81. The molecule has 0 bridgehead atoms. The van der Waals surface area contributed by atoms with Gasteiger partial charge in [-0.2, -0.15) is 0 Å². The van der Waals surface area contributed by atoms with Crippen molar-refractivity contribution >= 4 is 35.1 Å². The number of rotatable bonds is 6. The summed E-state index contributed by atoms with van der Waals surface area (Å²) in [4.78, 5) is 49.7. The Bertz CT molecular complexity index is 954. The average Bonchev–Trinajstić information content (AvgIpc) is 3.14. The van der Waals surface area contributed by atoms with Crippen LogP contribution < -0.4 is 15.5 Å². The molecular formula is C22H23N3O5. The minimum Gasteiger partial charge on any atom is -0.455 e. The molecule has 2 aromatic rings. The predicted molar refractivity (Wildman–Crippen MR) is 111 cm³/mol. The fraction of sp³-hybridized carbons (Fsp3) is 0.273. The summed E-state index contributed by atoms with van der Waals surface area (Å²) in [6.07, 6.45) is 0.0509. The summed E-state index contributed by atoms with van der Waals surface area (Å²) in [6, 6.07) is 13.8. The summed E-state index contributed by atoms with van der Waals surface area (Å²) < 4.78 is 5.10. The van der Waals surface area contributed by atoms with Crippen LogP contribution in [0.2, 0.25) is 0 Å². The number of aryl methyl sites for hydroxylation is 1. The van der Waals surface area contributed by atoms with E-state index in [0.717, 1.165) is 11.3 Å². The lowest BCUT2D eigenvalue weighted by Crippen LogP contribution is -2.28. The zero-order valence-corrected chi connectivity index (χ0v) is 16.8. The zero-order chi connectivity index (χ0) is 21.7. The topological polar surface area (TPSA) is 105 Å². The highest BCUT2D eigenvalue weighted by atomic mass is 16.5. The maximum absolute atomic E-state index is 12.3. The van der Waals surface area contributed by atoms with Crippen LogP contribution in [0.25, 0.3) is 0 Å². The standard InChI is InChI=1S/C22H23N3O5/c1-14-3-9-18(10-4-14)25-12-16(11-20(25)27)22(29)30-13-19(26)24-17-7-5-15(6-8-17)21(28)23-2/h3-10,16H,11-13H2,1-2H3,(H,23,28)(H,24,26). The lowest BCUT2D eigenvalue weighted by molar-refractivity contribution is -0.151. The van der Waals surface area contributed by atoms with Crippen LogP contribution in [0.4, 0.5) is 11.4 Å². The quantitative estimate of drug-likeness (QED) is 0.709. The molecule has 8 nitrogen and oxygen atoms in total. The molecule has 0 aliphatic carbocycles. The zero-order valence-electron chi connectivity index (χ0n) is 16.8. The van der Waals surface area contributed by atoms with Gasteiger partial charge in [-0.15, -0.1) is 0 Å². The summed E-state index contributed by atoms with van der Waals surface area (Å²) in [5, 5.41) is 5.10. The molecule has 1 atom stereocenters. The second kappa shape index (κ2) is 9.21. The molecule has 1 fully saturated rings. The van der Waals surface area contributed by atoms with Gasteiger partial charge in [0.05, 0.1) is 5.92 Å². The van der Waals surface area contributed by atoms with Gasteiger partial charge in [-0.3, -0.25) is 19.2 Å². The fourth-order valence-corrected chi connectivity index (χ4v) is 3.14. The predicted octanol–water partition coefficient (Wildman–Crippen LogP) is 1.89. The maximum atomic E-state index is 12.3. The minimum atomic E-state index is -0.613. The van der Waals surface area contributed by atoms with E-state index in [-0.39, 0.29) is 24.8 Å². The summed E-state index contributed by atoms with van der Waals surface area (Å²) >= 11 is 0. The molecule has 0 aromatic heterocycles. The van der Waals surface area contributed by atoms with Crippen molar-refractivity contribution in [3.8, 4) is 0 Å². The largest absolute Gasteiger partial charge is 0.455 e. The van der Waals surface area contributed by atoms with Gasteiger partial charge in [0.15, 0.2) is 6.61 Å². The van der Waals surface area contributed by atoms with Crippen LogP contribution in [-0.2, 0) is 19.1 Å². The van der Waals surface area contributed by atoms with Gasteiger partial charge in [-0.1, -0.05) is 17.7 Å². The molecule has 0 spiro atoms. The SMILES string of the molecule is CNC(=O)c1ccc(NC(=O)COC(=O)C2CC(=O)N(c3ccc(C)cc3)C2)cc1. The summed E-state index contributed by atoms with van der Waals surface area (Å²) in [5.74, 6) is -2.08. The number of amides is 3. The van der Waals surface area contributed by atoms with E-state index in [4.69, 9.17) is 4.74 Å². The van der Waals surface area contributed by atoms with E-state index in [1.165, 1.54) is 7.05 Å². The number of benzene rings is 2. The Morgan fingerprint density at radius 3 is 2.37 bits per heavy atom. The minimum absolute atomic E-state index is 0.0509. The van der Waals surface area contributed by atoms with E-state index in [0.29, 0.717) is 11.3 Å². The Labute approximate surface area is 174 Å². The van der Waals surface area contributed by atoms with Crippen molar-refractivity contribution in [1.29, 1.82) is 0 Å². The number of hydrogen-bond acceptors (Lipinski definition) is 5. The van der Waals surface area contributed by atoms with Crippen LogP contribution in [0.15, 0.2) is 48.5 Å². The molecule has 2 aromatic carbocycles. The molecule has 1 saturated heterocycles. The van der Waals surface area contributed by atoms with Crippen molar-refractivity contribution in [2.45, 2.75) is 13.3 Å². The third kappa shape index (κ3) is 5.02. The Morgan fingerprint density at radius 1 is 1.07 bits per heavy atom. The van der Waals surface area contributed by atoms with Crippen LogP contribution in [-0.4, -0.2) is 43.9 Å². The Kier molecular flexibility index (Phi) is 6.46. The van der Waals surface area contributed by atoms with Crippen molar-refractivity contribution in [3.05, 3.63) is 59.7 Å². The molecule has 1 unspecified atom stereocenters. The highest BCUT2D eigenvalue weighted by Crippen LogP contribution is 2.26. The van der Waals surface area contributed by atoms with Crippen LogP contribution in [0, 0.1) is 12.8 Å². The number of nitrogens with zero attached hydrogens (tertiary/aromatic N) is 1. The van der Waals surface area contributed by atoms with Crippen LogP contribution in [0.5, 0.6) is 0 Å². The van der Waals surface area contributed by atoms with Crippen molar-refractivity contribution in [1.82, 2.24) is 5.32 Å². The Morgan fingerprint density at radius 2 is 1.73 bits per heavy atom. The van der Waals surface area contributed by atoms with Crippen molar-refractivity contribution in [2.75, 3.05) is 30.4 Å². The average molecular weight is 409 g/mol. The first kappa shape index (κ1) is 21.0. The molecule has 1 aliphatic heterocycles. The molecule has 1 aliphatic rings. The molecule has 8 heteroatoms. The monoisotopic (exact) mass is 409 g/mol. The van der Waals surface area contributed by atoms with E-state index in [2.05, 4.69) is 10.6 Å². The molecule has 3 amide bonds. The molecule has 2 N–H and O–H groups in total. The second-order valence-electron chi connectivity index (χ2n) is 7.05. The number of anilines is 2. The van der Waals surface area contributed by atoms with Gasteiger partial charge in [-0.25, -0.2) is 0 Å². The van der Waals surface area contributed by atoms with Gasteiger partial charge in [0.1, 0.15) is 0 Å². The first-order valence-electron chi connectivity index (χ1n) is 9.53. The van der Waals surface area contributed by atoms with Crippen molar-refractivity contribution in [3.63, 3.8) is 0 Å². The van der Waals surface area contributed by atoms with E-state index in [1.807, 2.05) is 31.2 Å². The molecule has 156 valence electrons. The smallest absolute Gasteiger partial charge is 0.311 e. The van der Waals surface area contributed by atoms with E-state index in [1.54, 1.807) is 29.2 Å². The van der Waals surface area contributed by atoms with Gasteiger partial charge >= 0.3 is 5.97 Å². The lowest BCUT2D eigenvalue weighted by atomic mass is 10.1. The highest BCUT2D eigenvalue weighted by Gasteiger charge is 2.36. The van der Waals surface area contributed by atoms with Crippen molar-refractivity contribution in [2.24, 2.45) is 5.92 Å². The normalized spacial score (nSPS) is 15.6. The molecule has 1 heterocycles. The number of hydrogen-bond donors (Lipinski definition) is 2. The molecular weight excluding hydrogens is 386 g/mol. The lowest BCUT2D eigenvalue weighted by Gasteiger charge is -2.16. The summed E-state index contributed by atoms with van der Waals surface area (Å²) in [5.41, 5.74) is 2.76. The fourth-order valence-electron chi connectivity index (χ4n) is 3.14. The third-order valence-corrected chi connectivity index (χ3v) is 4.81. The maximum Gasteiger partial charge on any atom is 0.311 e. The van der Waals surface area contributed by atoms with Crippen LogP contribution >= 0.6 is 0 Å². The Balaban J connectivity index is 1.49. The van der Waals surface area contributed by atoms with Crippen LogP contribution in [0.3, 0.4) is 0 Å². The number of esters is 1. The molecule has 30 heavy (non-hydrogen) atoms. The molecule has 0 saturated carbocycles. The van der Waals surface area contributed by atoms with Gasteiger partial charge < -0.3 is 20.3 Å². The highest BCUT2D eigenvalue weighted by molar-refractivity contribution is 6.00. The summed E-state index contributed by atoms with van der Waals surface area (Å²) in [6.45, 7) is 1.73. The number of carbonyl (C=O) groups excluding carboxylic acids is 4. The number of ether oxygens (including phenoxy) is 1. The molecule has 3 rings (SSSR count). The van der Waals surface area contributed by atoms with Crippen LogP contribution in [0.1, 0.15) is 22.3 Å². The molecule has 0 radical (unpaired) electrons. The van der Waals surface area contributed by atoms with E-state index >= 15 is 0 Å². The second-order valence-corrected chi connectivity index (χ2v) is 7.05. The van der Waals surface area contributed by atoms with Gasteiger partial charge in [-0.05, 0) is 43.3 Å².